The summed E-state index contributed by atoms with van der Waals surface area (Å²) >= 11 is 0. The number of ether oxygens (including phenoxy) is 2. The van der Waals surface area contributed by atoms with Crippen LogP contribution in [0.15, 0.2) is 0 Å². The van der Waals surface area contributed by atoms with Crippen molar-refractivity contribution in [2.24, 2.45) is 0 Å². The van der Waals surface area contributed by atoms with E-state index in [4.69, 9.17) is 9.47 Å². The van der Waals surface area contributed by atoms with Crippen LogP contribution in [0, 0.1) is 0 Å². The van der Waals surface area contributed by atoms with Crippen molar-refractivity contribution in [2.75, 3.05) is 7.11 Å². The number of aliphatic hydroxyl groups excluding tert-OH is 2. The topological polar surface area (TPSA) is 58.9 Å². The second kappa shape index (κ2) is 3.30. The first kappa shape index (κ1) is 9.92. The third-order valence-electron chi connectivity index (χ3n) is 2.49. The molecule has 0 aromatic carbocycles. The predicted octanol–water partition coefficient (Wildman–Crippen LogP) is -0.120. The van der Waals surface area contributed by atoms with Gasteiger partial charge in [0.15, 0.2) is 6.29 Å². The highest BCUT2D eigenvalue weighted by Crippen LogP contribution is 2.30. The molecule has 1 rings (SSSR count). The van der Waals surface area contributed by atoms with E-state index in [1.165, 1.54) is 7.11 Å². The molecule has 0 saturated carbocycles. The molecule has 0 bridgehead atoms. The Bertz CT molecular complexity index is 161. The van der Waals surface area contributed by atoms with Gasteiger partial charge in [-0.25, -0.2) is 0 Å². The van der Waals surface area contributed by atoms with E-state index in [1.54, 1.807) is 13.8 Å². The monoisotopic (exact) mass is 176 g/mol. The lowest BCUT2D eigenvalue weighted by atomic mass is 9.89. The third kappa shape index (κ3) is 1.61. The average molecular weight is 176 g/mol. The lowest BCUT2D eigenvalue weighted by molar-refractivity contribution is -0.263. The van der Waals surface area contributed by atoms with E-state index in [0.29, 0.717) is 6.42 Å². The molecular weight excluding hydrogens is 160 g/mol. The molecule has 0 aromatic heterocycles. The maximum atomic E-state index is 9.65. The molecule has 12 heavy (non-hydrogen) atoms. The van der Waals surface area contributed by atoms with E-state index in [-0.39, 0.29) is 0 Å². The smallest absolute Gasteiger partial charge is 0.157 e. The normalized spacial score (nSPS) is 49.2. The lowest BCUT2D eigenvalue weighted by Gasteiger charge is -2.42. The molecule has 1 aliphatic rings. The summed E-state index contributed by atoms with van der Waals surface area (Å²) in [4.78, 5) is 0. The van der Waals surface area contributed by atoms with Crippen LogP contribution in [-0.2, 0) is 9.47 Å². The van der Waals surface area contributed by atoms with Crippen LogP contribution in [0.25, 0.3) is 0 Å². The van der Waals surface area contributed by atoms with E-state index in [0.717, 1.165) is 0 Å². The van der Waals surface area contributed by atoms with Crippen LogP contribution in [0.1, 0.15) is 20.3 Å². The van der Waals surface area contributed by atoms with Gasteiger partial charge >= 0.3 is 0 Å². The zero-order valence-corrected chi connectivity index (χ0v) is 7.65. The summed E-state index contributed by atoms with van der Waals surface area (Å²) < 4.78 is 10.2. The van der Waals surface area contributed by atoms with Gasteiger partial charge in [0.05, 0.1) is 11.7 Å². The summed E-state index contributed by atoms with van der Waals surface area (Å²) in [6.45, 7) is 3.48. The summed E-state index contributed by atoms with van der Waals surface area (Å²) in [7, 11) is 1.52. The summed E-state index contributed by atoms with van der Waals surface area (Å²) in [5.74, 6) is 0. The van der Waals surface area contributed by atoms with Crippen molar-refractivity contribution in [3.05, 3.63) is 0 Å². The van der Waals surface area contributed by atoms with Crippen molar-refractivity contribution in [1.29, 1.82) is 0 Å². The van der Waals surface area contributed by atoms with Crippen LogP contribution >= 0.6 is 0 Å². The Labute approximate surface area is 72.1 Å². The first-order valence-electron chi connectivity index (χ1n) is 4.06. The quantitative estimate of drug-likeness (QED) is 0.584. The van der Waals surface area contributed by atoms with Crippen molar-refractivity contribution in [2.45, 2.75) is 44.4 Å². The van der Waals surface area contributed by atoms with Crippen molar-refractivity contribution < 1.29 is 19.7 Å². The Balaban J connectivity index is 2.72. The van der Waals surface area contributed by atoms with Crippen molar-refractivity contribution in [1.82, 2.24) is 0 Å². The van der Waals surface area contributed by atoms with Crippen LogP contribution < -0.4 is 0 Å². The number of hydrogen-bond acceptors (Lipinski definition) is 4. The Morgan fingerprint density at radius 1 is 1.50 bits per heavy atom. The fraction of sp³-hybridized carbons (Fsp3) is 1.00. The summed E-state index contributed by atoms with van der Waals surface area (Å²) in [6, 6.07) is 0. The molecule has 1 saturated heterocycles. The van der Waals surface area contributed by atoms with Gasteiger partial charge in [-0.15, -0.1) is 0 Å². The zero-order chi connectivity index (χ0) is 9.35. The fourth-order valence-electron chi connectivity index (χ4n) is 1.54. The second-order valence-corrected chi connectivity index (χ2v) is 3.46. The standard InChI is InChI=1S/C8H16O4/c1-5-7(10)8(2,11-3)4-6(9)12-5/h5-7,9-10H,4H2,1-3H3/t5?,6-,7?,8?/m0/s1. The number of hydrogen-bond donors (Lipinski definition) is 2. The maximum Gasteiger partial charge on any atom is 0.157 e. The minimum atomic E-state index is -0.839. The maximum absolute atomic E-state index is 9.65. The molecule has 1 heterocycles. The Morgan fingerprint density at radius 3 is 2.58 bits per heavy atom. The Morgan fingerprint density at radius 2 is 2.08 bits per heavy atom. The summed E-state index contributed by atoms with van der Waals surface area (Å²) in [5.41, 5.74) is -0.697. The van der Waals surface area contributed by atoms with Crippen LogP contribution in [0.5, 0.6) is 0 Å². The van der Waals surface area contributed by atoms with Gasteiger partial charge in [0.2, 0.25) is 0 Å². The fourth-order valence-corrected chi connectivity index (χ4v) is 1.54. The van der Waals surface area contributed by atoms with E-state index in [9.17, 15) is 10.2 Å². The minimum Gasteiger partial charge on any atom is -0.387 e. The zero-order valence-electron chi connectivity index (χ0n) is 7.65. The molecule has 0 aliphatic carbocycles. The molecule has 4 nitrogen and oxygen atoms in total. The number of methoxy groups -OCH3 is 1. The highest BCUT2D eigenvalue weighted by atomic mass is 16.6. The Kier molecular flexibility index (Phi) is 2.73. The van der Waals surface area contributed by atoms with Gasteiger partial charge in [0, 0.05) is 13.5 Å². The largest absolute Gasteiger partial charge is 0.387 e. The predicted molar refractivity (Wildman–Crippen MR) is 42.6 cm³/mol. The summed E-state index contributed by atoms with van der Waals surface area (Å²) in [5, 5.41) is 18.9. The van der Waals surface area contributed by atoms with Gasteiger partial charge in [-0.2, -0.15) is 0 Å². The molecule has 2 N–H and O–H groups in total. The highest BCUT2D eigenvalue weighted by molar-refractivity contribution is 4.91. The van der Waals surface area contributed by atoms with Crippen molar-refractivity contribution in [3.63, 3.8) is 0 Å². The molecule has 4 heteroatoms. The van der Waals surface area contributed by atoms with Crippen LogP contribution in [0.3, 0.4) is 0 Å². The SMILES string of the molecule is COC1(C)C[C@@H](O)OC(C)C1O. The second-order valence-electron chi connectivity index (χ2n) is 3.46. The average Bonchev–Trinajstić information content (AvgIpc) is 2.00. The van der Waals surface area contributed by atoms with Gasteiger partial charge in [0.25, 0.3) is 0 Å². The van der Waals surface area contributed by atoms with Crippen LogP contribution in [0.4, 0.5) is 0 Å². The highest BCUT2D eigenvalue weighted by Gasteiger charge is 2.44. The molecule has 0 radical (unpaired) electrons. The van der Waals surface area contributed by atoms with Crippen molar-refractivity contribution in [3.8, 4) is 0 Å². The molecular formula is C8H16O4. The Hall–Kier alpha value is -0.160. The van der Waals surface area contributed by atoms with Gasteiger partial charge in [-0.3, -0.25) is 0 Å². The van der Waals surface area contributed by atoms with Gasteiger partial charge < -0.3 is 19.7 Å². The van der Waals surface area contributed by atoms with Crippen LogP contribution in [0.2, 0.25) is 0 Å². The minimum absolute atomic E-state index is 0.301. The van der Waals surface area contributed by atoms with E-state index in [1.807, 2.05) is 0 Å². The van der Waals surface area contributed by atoms with Gasteiger partial charge in [-0.1, -0.05) is 0 Å². The number of aliphatic hydroxyl groups is 2. The molecule has 0 spiro atoms. The van der Waals surface area contributed by atoms with Gasteiger partial charge in [0.1, 0.15) is 6.10 Å². The van der Waals surface area contributed by atoms with E-state index < -0.39 is 24.1 Å². The molecule has 1 fully saturated rings. The first-order chi connectivity index (χ1) is 5.49. The van der Waals surface area contributed by atoms with Gasteiger partial charge in [-0.05, 0) is 13.8 Å². The number of rotatable bonds is 1. The van der Waals surface area contributed by atoms with E-state index in [2.05, 4.69) is 0 Å². The molecule has 4 atom stereocenters. The molecule has 72 valence electrons. The van der Waals surface area contributed by atoms with Crippen molar-refractivity contribution >= 4 is 0 Å². The summed E-state index contributed by atoms with van der Waals surface area (Å²) in [6.07, 6.45) is -1.62. The van der Waals surface area contributed by atoms with E-state index >= 15 is 0 Å². The lowest BCUT2D eigenvalue weighted by Crippen LogP contribution is -2.55. The first-order valence-corrected chi connectivity index (χ1v) is 4.06. The molecule has 3 unspecified atom stereocenters. The van der Waals surface area contributed by atoms with Crippen LogP contribution in [-0.4, -0.2) is 41.4 Å². The molecule has 1 aliphatic heterocycles. The molecule has 0 aromatic rings. The third-order valence-corrected chi connectivity index (χ3v) is 2.49. The molecule has 0 amide bonds.